The molecule has 1 atom stereocenters. The van der Waals surface area contributed by atoms with E-state index in [0.29, 0.717) is 24.3 Å². The van der Waals surface area contributed by atoms with Crippen LogP contribution in [-0.4, -0.2) is 43.3 Å². The van der Waals surface area contributed by atoms with Crippen molar-refractivity contribution in [3.63, 3.8) is 0 Å². The second-order valence-electron chi connectivity index (χ2n) is 4.60. The Morgan fingerprint density at radius 2 is 2.14 bits per heavy atom. The van der Waals surface area contributed by atoms with E-state index in [1.54, 1.807) is 26.2 Å². The first kappa shape index (κ1) is 18.2. The summed E-state index contributed by atoms with van der Waals surface area (Å²) in [4.78, 5) is 24.2. The Morgan fingerprint density at radius 1 is 1.45 bits per heavy atom. The molecule has 8 heteroatoms. The van der Waals surface area contributed by atoms with Crippen LogP contribution in [0.5, 0.6) is 5.75 Å². The molecule has 1 aromatic carbocycles. The number of aliphatic hydroxyl groups excluding tert-OH is 1. The molecule has 122 valence electrons. The van der Waals surface area contributed by atoms with Gasteiger partial charge in [0, 0.05) is 38.7 Å². The third-order valence-electron chi connectivity index (χ3n) is 2.80. The number of nitrogens with one attached hydrogen (secondary N) is 2. The van der Waals surface area contributed by atoms with E-state index in [4.69, 9.17) is 16.3 Å². The van der Waals surface area contributed by atoms with Gasteiger partial charge in [0.25, 0.3) is 0 Å². The zero-order valence-electron chi connectivity index (χ0n) is 12.7. The Balaban J connectivity index is 2.98. The summed E-state index contributed by atoms with van der Waals surface area (Å²) < 4.78 is 5.11. The maximum atomic E-state index is 11.7. The number of esters is 1. The second kappa shape index (κ2) is 8.57. The molecule has 1 aromatic rings. The molecule has 0 saturated heterocycles. The number of anilines is 2. The van der Waals surface area contributed by atoms with Crippen molar-refractivity contribution in [2.75, 3.05) is 30.9 Å². The van der Waals surface area contributed by atoms with Crippen molar-refractivity contribution >= 4 is 34.9 Å². The van der Waals surface area contributed by atoms with Gasteiger partial charge in [-0.05, 0) is 19.2 Å². The van der Waals surface area contributed by atoms with Gasteiger partial charge in [-0.1, -0.05) is 11.6 Å². The van der Waals surface area contributed by atoms with Crippen LogP contribution in [-0.2, 0) is 9.59 Å². The molecule has 7 nitrogen and oxygen atoms in total. The van der Waals surface area contributed by atoms with Crippen LogP contribution in [0, 0.1) is 0 Å². The van der Waals surface area contributed by atoms with Gasteiger partial charge in [0.1, 0.15) is 0 Å². The molecule has 3 N–H and O–H groups in total. The van der Waals surface area contributed by atoms with Crippen molar-refractivity contribution in [1.82, 2.24) is 5.32 Å². The molecule has 0 aliphatic heterocycles. The number of amides is 1. The van der Waals surface area contributed by atoms with Gasteiger partial charge in [-0.2, -0.15) is 0 Å². The minimum absolute atomic E-state index is 0.165. The van der Waals surface area contributed by atoms with Crippen LogP contribution >= 0.6 is 11.6 Å². The number of nitrogens with zero attached hydrogens (tertiary/aromatic N) is 1. The number of carbonyl (C=O) groups is 2. The van der Waals surface area contributed by atoms with E-state index in [1.807, 2.05) is 0 Å². The van der Waals surface area contributed by atoms with Gasteiger partial charge in [-0.3, -0.25) is 9.59 Å². The highest BCUT2D eigenvalue weighted by atomic mass is 35.5. The van der Waals surface area contributed by atoms with Gasteiger partial charge in [-0.25, -0.2) is 0 Å². The van der Waals surface area contributed by atoms with Crippen LogP contribution in [0.25, 0.3) is 0 Å². The Morgan fingerprint density at radius 3 is 2.68 bits per heavy atom. The van der Waals surface area contributed by atoms with Gasteiger partial charge in [0.15, 0.2) is 5.75 Å². The first-order valence-electron chi connectivity index (χ1n) is 6.67. The zero-order chi connectivity index (χ0) is 16.7. The van der Waals surface area contributed by atoms with Gasteiger partial charge in [0.05, 0.1) is 5.69 Å². The van der Waals surface area contributed by atoms with E-state index in [2.05, 4.69) is 10.6 Å². The second-order valence-corrected chi connectivity index (χ2v) is 4.99. The number of hydrogen-bond acceptors (Lipinski definition) is 6. The average Bonchev–Trinajstić information content (AvgIpc) is 2.44. The van der Waals surface area contributed by atoms with Crippen molar-refractivity contribution < 1.29 is 19.4 Å². The minimum atomic E-state index is -1.27. The highest BCUT2D eigenvalue weighted by Crippen LogP contribution is 2.32. The van der Waals surface area contributed by atoms with E-state index in [-0.39, 0.29) is 11.7 Å². The molecular formula is C14H20ClN3O4. The number of aliphatic hydroxyl groups is 1. The Hall–Kier alpha value is -1.83. The zero-order valence-corrected chi connectivity index (χ0v) is 13.5. The molecular weight excluding hydrogens is 310 g/mol. The fourth-order valence-corrected chi connectivity index (χ4v) is 1.80. The minimum Gasteiger partial charge on any atom is -0.424 e. The third-order valence-corrected chi connectivity index (χ3v) is 3.09. The quantitative estimate of drug-likeness (QED) is 0.228. The lowest BCUT2D eigenvalue weighted by Crippen LogP contribution is -2.27. The highest BCUT2D eigenvalue weighted by Gasteiger charge is 2.16. The lowest BCUT2D eigenvalue weighted by Gasteiger charge is -2.23. The fourth-order valence-electron chi connectivity index (χ4n) is 1.70. The van der Waals surface area contributed by atoms with Crippen LogP contribution in [0.2, 0.25) is 0 Å². The van der Waals surface area contributed by atoms with Crippen LogP contribution in [0.15, 0.2) is 18.2 Å². The van der Waals surface area contributed by atoms with Crippen LogP contribution in [0.3, 0.4) is 0 Å². The summed E-state index contributed by atoms with van der Waals surface area (Å²) in [5.41, 5.74) is -0.366. The van der Waals surface area contributed by atoms with Crippen molar-refractivity contribution in [3.8, 4) is 5.75 Å². The lowest BCUT2D eigenvalue weighted by atomic mass is 10.2. The smallest absolute Gasteiger partial charge is 0.308 e. The number of benzene rings is 1. The molecule has 0 radical (unpaired) electrons. The van der Waals surface area contributed by atoms with Gasteiger partial charge in [-0.15, -0.1) is 0 Å². The van der Waals surface area contributed by atoms with Crippen molar-refractivity contribution in [2.24, 2.45) is 0 Å². The predicted molar refractivity (Wildman–Crippen MR) is 85.2 cm³/mol. The Labute approximate surface area is 134 Å². The molecule has 0 aliphatic carbocycles. The van der Waals surface area contributed by atoms with E-state index in [9.17, 15) is 14.7 Å². The highest BCUT2D eigenvalue weighted by molar-refractivity contribution is 6.20. The van der Waals surface area contributed by atoms with Crippen molar-refractivity contribution in [1.29, 1.82) is 0 Å². The molecule has 0 unspecified atom stereocenters. The summed E-state index contributed by atoms with van der Waals surface area (Å²) in [6.07, 6.45) is 0.321. The van der Waals surface area contributed by atoms with Crippen LogP contribution in [0.1, 0.15) is 13.3 Å². The first-order chi connectivity index (χ1) is 10.3. The number of alkyl halides is 1. The summed E-state index contributed by atoms with van der Waals surface area (Å²) in [5, 5.41) is 15.0. The molecule has 0 heterocycles. The molecule has 1 amide bonds. The van der Waals surface area contributed by atoms with Crippen LogP contribution in [0.4, 0.5) is 11.4 Å². The summed E-state index contributed by atoms with van der Waals surface area (Å²) >= 11 is 5.62. The normalized spacial score (nSPS) is 11.7. The Kier molecular flexibility index (Phi) is 7.10. The van der Waals surface area contributed by atoms with E-state index in [1.165, 1.54) is 17.9 Å². The molecule has 0 spiro atoms. The summed E-state index contributed by atoms with van der Waals surface area (Å²) in [6, 6.07) is 4.73. The number of rotatable bonds is 7. The molecule has 0 aliphatic rings. The SMILES string of the molecule is CNCCC(=O)Nc1ccc(N(C)[C@@H](O)Cl)c(OC(C)=O)c1. The molecule has 0 saturated carbocycles. The van der Waals surface area contributed by atoms with E-state index >= 15 is 0 Å². The molecule has 0 bridgehead atoms. The van der Waals surface area contributed by atoms with Crippen molar-refractivity contribution in [3.05, 3.63) is 18.2 Å². The topological polar surface area (TPSA) is 90.9 Å². The number of hydrogen-bond donors (Lipinski definition) is 3. The van der Waals surface area contributed by atoms with E-state index < -0.39 is 11.7 Å². The van der Waals surface area contributed by atoms with Gasteiger partial charge in [0.2, 0.25) is 11.6 Å². The standard InChI is InChI=1S/C14H20ClN3O4/c1-9(19)22-12-8-10(17-13(20)6-7-16-2)4-5-11(12)18(3)14(15)21/h4-5,8,14,16,21H,6-7H2,1-3H3,(H,17,20)/t14-/m0/s1. The maximum Gasteiger partial charge on any atom is 0.308 e. The molecule has 22 heavy (non-hydrogen) atoms. The number of ether oxygens (including phenoxy) is 1. The maximum absolute atomic E-state index is 11.7. The predicted octanol–water partition coefficient (Wildman–Crippen LogP) is 1.11. The monoisotopic (exact) mass is 329 g/mol. The van der Waals surface area contributed by atoms with E-state index in [0.717, 1.165) is 0 Å². The fraction of sp³-hybridized carbons (Fsp3) is 0.429. The third kappa shape index (κ3) is 5.51. The Bertz CT molecular complexity index is 537. The average molecular weight is 330 g/mol. The molecule has 0 fully saturated rings. The van der Waals surface area contributed by atoms with Crippen molar-refractivity contribution in [2.45, 2.75) is 19.0 Å². The summed E-state index contributed by atoms with van der Waals surface area (Å²) in [6.45, 7) is 1.82. The molecule has 0 aromatic heterocycles. The molecule has 1 rings (SSSR count). The van der Waals surface area contributed by atoms with Gasteiger partial charge < -0.3 is 25.4 Å². The first-order valence-corrected chi connectivity index (χ1v) is 7.10. The summed E-state index contributed by atoms with van der Waals surface area (Å²) in [5.74, 6) is -0.486. The lowest BCUT2D eigenvalue weighted by molar-refractivity contribution is -0.131. The van der Waals surface area contributed by atoms with Crippen LogP contribution < -0.4 is 20.3 Å². The largest absolute Gasteiger partial charge is 0.424 e. The number of carbonyl (C=O) groups excluding carboxylic acids is 2. The number of halogens is 1. The summed E-state index contributed by atoms with van der Waals surface area (Å²) in [7, 11) is 3.30. The van der Waals surface area contributed by atoms with Gasteiger partial charge >= 0.3 is 5.97 Å².